The van der Waals surface area contributed by atoms with Crippen LogP contribution in [-0.2, 0) is 17.8 Å². The van der Waals surface area contributed by atoms with Gasteiger partial charge in [0.1, 0.15) is 5.60 Å². The van der Waals surface area contributed by atoms with Crippen LogP contribution in [-0.4, -0.2) is 62.9 Å². The van der Waals surface area contributed by atoms with Crippen LogP contribution < -0.4 is 5.32 Å². The van der Waals surface area contributed by atoms with Gasteiger partial charge in [-0.25, -0.2) is 9.48 Å². The molecule has 1 amide bonds. The second-order valence-corrected chi connectivity index (χ2v) is 7.24. The van der Waals surface area contributed by atoms with Crippen LogP contribution in [0.15, 0.2) is 6.20 Å². The van der Waals surface area contributed by atoms with Crippen molar-refractivity contribution in [1.82, 2.24) is 25.2 Å². The third kappa shape index (κ3) is 6.09. The zero-order valence-corrected chi connectivity index (χ0v) is 14.9. The van der Waals surface area contributed by atoms with Crippen LogP contribution in [0.3, 0.4) is 0 Å². The summed E-state index contributed by atoms with van der Waals surface area (Å²) >= 11 is 0. The van der Waals surface area contributed by atoms with Crippen molar-refractivity contribution in [2.45, 2.75) is 52.3 Å². The Kier molecular flexibility index (Phi) is 6.56. The van der Waals surface area contributed by atoms with Gasteiger partial charge in [0.15, 0.2) is 0 Å². The van der Waals surface area contributed by atoms with Crippen molar-refractivity contribution in [2.24, 2.45) is 5.92 Å². The number of aliphatic hydroxyl groups is 1. The SMILES string of the molecule is CC(C)(C)OC(=O)N1CCC(CCNCc2cn(CCO)nn2)C1. The van der Waals surface area contributed by atoms with Crippen molar-refractivity contribution < 1.29 is 14.6 Å². The molecule has 8 nitrogen and oxygen atoms in total. The minimum atomic E-state index is -0.440. The lowest BCUT2D eigenvalue weighted by Gasteiger charge is -2.24. The van der Waals surface area contributed by atoms with E-state index in [2.05, 4.69) is 15.6 Å². The molecular weight excluding hydrogens is 310 g/mol. The number of carbonyl (C=O) groups excluding carboxylic acids is 1. The van der Waals surface area contributed by atoms with E-state index in [-0.39, 0.29) is 12.7 Å². The fourth-order valence-corrected chi connectivity index (χ4v) is 2.71. The highest BCUT2D eigenvalue weighted by molar-refractivity contribution is 5.68. The Morgan fingerprint density at radius 3 is 3.00 bits per heavy atom. The van der Waals surface area contributed by atoms with Gasteiger partial charge in [0.25, 0.3) is 0 Å². The number of likely N-dealkylation sites (tertiary alicyclic amines) is 1. The predicted molar refractivity (Wildman–Crippen MR) is 89.3 cm³/mol. The lowest BCUT2D eigenvalue weighted by atomic mass is 10.1. The molecule has 0 bridgehead atoms. The molecule has 2 N–H and O–H groups in total. The molecule has 0 radical (unpaired) electrons. The molecule has 1 aromatic rings. The van der Waals surface area contributed by atoms with Crippen molar-refractivity contribution >= 4 is 6.09 Å². The first kappa shape index (κ1) is 18.7. The van der Waals surface area contributed by atoms with Crippen LogP contribution in [0.1, 0.15) is 39.3 Å². The zero-order valence-electron chi connectivity index (χ0n) is 14.9. The number of amides is 1. The maximum Gasteiger partial charge on any atom is 0.410 e. The molecule has 1 unspecified atom stereocenters. The Labute approximate surface area is 143 Å². The highest BCUT2D eigenvalue weighted by Gasteiger charge is 2.29. The van der Waals surface area contributed by atoms with Crippen molar-refractivity contribution in [3.63, 3.8) is 0 Å². The summed E-state index contributed by atoms with van der Waals surface area (Å²) in [5.74, 6) is 0.509. The summed E-state index contributed by atoms with van der Waals surface area (Å²) in [5.41, 5.74) is 0.426. The van der Waals surface area contributed by atoms with E-state index >= 15 is 0 Å². The van der Waals surface area contributed by atoms with E-state index in [0.717, 1.165) is 38.2 Å². The minimum absolute atomic E-state index is 0.0616. The number of nitrogens with one attached hydrogen (secondary N) is 1. The molecule has 1 atom stereocenters. The maximum absolute atomic E-state index is 12.0. The Morgan fingerprint density at radius 1 is 1.50 bits per heavy atom. The summed E-state index contributed by atoms with van der Waals surface area (Å²) in [6, 6.07) is 0. The summed E-state index contributed by atoms with van der Waals surface area (Å²) in [6.07, 6.45) is 3.67. The van der Waals surface area contributed by atoms with Crippen molar-refractivity contribution in [1.29, 1.82) is 0 Å². The van der Waals surface area contributed by atoms with Crippen LogP contribution in [0.4, 0.5) is 4.79 Å². The van der Waals surface area contributed by atoms with Crippen molar-refractivity contribution in [3.8, 4) is 0 Å². The molecule has 136 valence electrons. The van der Waals surface area contributed by atoms with Gasteiger partial charge in [0.2, 0.25) is 0 Å². The highest BCUT2D eigenvalue weighted by Crippen LogP contribution is 2.21. The van der Waals surface area contributed by atoms with E-state index in [1.165, 1.54) is 0 Å². The average molecular weight is 339 g/mol. The molecular formula is C16H29N5O3. The van der Waals surface area contributed by atoms with E-state index in [0.29, 0.717) is 19.0 Å². The first-order chi connectivity index (χ1) is 11.4. The van der Waals surface area contributed by atoms with Crippen LogP contribution in [0.25, 0.3) is 0 Å². The van der Waals surface area contributed by atoms with Gasteiger partial charge in [-0.15, -0.1) is 5.10 Å². The predicted octanol–water partition coefficient (Wildman–Crippen LogP) is 1.01. The number of nitrogens with zero attached hydrogens (tertiary/aromatic N) is 4. The summed E-state index contributed by atoms with van der Waals surface area (Å²) < 4.78 is 7.04. The lowest BCUT2D eigenvalue weighted by molar-refractivity contribution is 0.0287. The van der Waals surface area contributed by atoms with E-state index in [4.69, 9.17) is 9.84 Å². The Hall–Kier alpha value is -1.67. The number of carbonyl (C=O) groups is 1. The molecule has 0 saturated carbocycles. The normalized spacial score (nSPS) is 18.2. The van der Waals surface area contributed by atoms with E-state index in [9.17, 15) is 4.79 Å². The van der Waals surface area contributed by atoms with Crippen molar-refractivity contribution in [2.75, 3.05) is 26.2 Å². The monoisotopic (exact) mass is 339 g/mol. The zero-order chi connectivity index (χ0) is 17.6. The van der Waals surface area contributed by atoms with Crippen LogP contribution in [0.2, 0.25) is 0 Å². The van der Waals surface area contributed by atoms with E-state index in [1.54, 1.807) is 9.58 Å². The number of rotatable bonds is 7. The molecule has 0 spiro atoms. The molecule has 1 aromatic heterocycles. The van der Waals surface area contributed by atoms with Crippen molar-refractivity contribution in [3.05, 3.63) is 11.9 Å². The molecule has 8 heteroatoms. The third-order valence-corrected chi connectivity index (χ3v) is 3.89. The van der Waals surface area contributed by atoms with Crippen LogP contribution in [0.5, 0.6) is 0 Å². The molecule has 1 aliphatic rings. The summed E-state index contributed by atoms with van der Waals surface area (Å²) in [4.78, 5) is 13.8. The molecule has 1 aliphatic heterocycles. The van der Waals surface area contributed by atoms with Gasteiger partial charge in [-0.3, -0.25) is 0 Å². The number of aliphatic hydroxyl groups excluding tert-OH is 1. The fourth-order valence-electron chi connectivity index (χ4n) is 2.71. The Bertz CT molecular complexity index is 526. The van der Waals surface area contributed by atoms with Crippen LogP contribution >= 0.6 is 0 Å². The number of hydrogen-bond acceptors (Lipinski definition) is 6. The number of hydrogen-bond donors (Lipinski definition) is 2. The Balaban J connectivity index is 1.62. The third-order valence-electron chi connectivity index (χ3n) is 3.89. The van der Waals surface area contributed by atoms with Gasteiger partial charge in [-0.2, -0.15) is 0 Å². The molecule has 0 aromatic carbocycles. The van der Waals surface area contributed by atoms with Gasteiger partial charge in [-0.05, 0) is 46.1 Å². The Morgan fingerprint density at radius 2 is 2.29 bits per heavy atom. The molecule has 24 heavy (non-hydrogen) atoms. The second kappa shape index (κ2) is 8.43. The van der Waals surface area contributed by atoms with Crippen LogP contribution in [0, 0.1) is 5.92 Å². The average Bonchev–Trinajstić information content (AvgIpc) is 3.11. The first-order valence-corrected chi connectivity index (χ1v) is 8.56. The fraction of sp³-hybridized carbons (Fsp3) is 0.812. The number of aromatic nitrogens is 3. The molecule has 1 saturated heterocycles. The number of ether oxygens (including phenoxy) is 1. The molecule has 1 fully saturated rings. The van der Waals surface area contributed by atoms with Gasteiger partial charge in [0.05, 0.1) is 18.8 Å². The van der Waals surface area contributed by atoms with Gasteiger partial charge < -0.3 is 20.1 Å². The van der Waals surface area contributed by atoms with Gasteiger partial charge in [0, 0.05) is 25.8 Å². The lowest BCUT2D eigenvalue weighted by Crippen LogP contribution is -2.35. The quantitative estimate of drug-likeness (QED) is 0.720. The second-order valence-electron chi connectivity index (χ2n) is 7.24. The van der Waals surface area contributed by atoms with Gasteiger partial charge in [-0.1, -0.05) is 5.21 Å². The highest BCUT2D eigenvalue weighted by atomic mass is 16.6. The molecule has 2 rings (SSSR count). The summed E-state index contributed by atoms with van der Waals surface area (Å²) in [6.45, 7) is 9.27. The van der Waals surface area contributed by atoms with Gasteiger partial charge >= 0.3 is 6.09 Å². The largest absolute Gasteiger partial charge is 0.444 e. The topological polar surface area (TPSA) is 92.5 Å². The minimum Gasteiger partial charge on any atom is -0.444 e. The molecule has 2 heterocycles. The van der Waals surface area contributed by atoms with E-state index < -0.39 is 5.60 Å². The smallest absolute Gasteiger partial charge is 0.410 e. The maximum atomic E-state index is 12.0. The standard InChI is InChI=1S/C16H29N5O3/c1-16(2,3)24-15(23)20-7-5-13(11-20)4-6-17-10-14-12-21(8-9-22)19-18-14/h12-13,17,22H,4-11H2,1-3H3. The van der Waals surface area contributed by atoms with E-state index in [1.807, 2.05) is 27.0 Å². The summed E-state index contributed by atoms with van der Waals surface area (Å²) in [5, 5.41) is 20.2. The first-order valence-electron chi connectivity index (χ1n) is 8.56. The molecule has 0 aliphatic carbocycles. The summed E-state index contributed by atoms with van der Waals surface area (Å²) in [7, 11) is 0.